The van der Waals surface area contributed by atoms with E-state index in [1.54, 1.807) is 12.1 Å². The van der Waals surface area contributed by atoms with Crippen LogP contribution in [0.25, 0.3) is 0 Å². The third-order valence-electron chi connectivity index (χ3n) is 4.13. The van der Waals surface area contributed by atoms with Crippen molar-refractivity contribution in [1.29, 1.82) is 0 Å². The van der Waals surface area contributed by atoms with E-state index in [0.717, 1.165) is 25.7 Å². The standard InChI is InChI=1S/C15H14N2O3S/c18-14-12-10-5-1-2-6-11(10)21-13(12)16-15(19)17(14)8-9-4-3-7-20-9/h3-4,7,12H,1-2,5-6,8H2. The van der Waals surface area contributed by atoms with Crippen molar-refractivity contribution in [3.8, 4) is 0 Å². The molecule has 108 valence electrons. The number of allylic oxidation sites excluding steroid dienone is 1. The molecule has 6 heteroatoms. The predicted molar refractivity (Wildman–Crippen MR) is 78.7 cm³/mol. The number of carbonyl (C=O) groups is 2. The normalized spacial score (nSPS) is 25.0. The molecular formula is C15H14N2O3S. The predicted octanol–water partition coefficient (Wildman–Crippen LogP) is 3.33. The molecule has 21 heavy (non-hydrogen) atoms. The zero-order chi connectivity index (χ0) is 14.4. The van der Waals surface area contributed by atoms with Gasteiger partial charge >= 0.3 is 6.03 Å². The van der Waals surface area contributed by atoms with Gasteiger partial charge in [0, 0.05) is 0 Å². The minimum absolute atomic E-state index is 0.152. The molecule has 3 aliphatic rings. The third-order valence-corrected chi connectivity index (χ3v) is 5.37. The summed E-state index contributed by atoms with van der Waals surface area (Å²) < 4.78 is 5.24. The summed E-state index contributed by atoms with van der Waals surface area (Å²) in [7, 11) is 0. The number of aliphatic imine (C=N–C) groups is 1. The minimum Gasteiger partial charge on any atom is -0.467 e. The lowest BCUT2D eigenvalue weighted by molar-refractivity contribution is -0.130. The highest BCUT2D eigenvalue weighted by molar-refractivity contribution is 8.17. The van der Waals surface area contributed by atoms with Crippen LogP contribution < -0.4 is 0 Å². The van der Waals surface area contributed by atoms with Crippen LogP contribution in [0.15, 0.2) is 38.3 Å². The van der Waals surface area contributed by atoms with E-state index in [-0.39, 0.29) is 18.4 Å². The summed E-state index contributed by atoms with van der Waals surface area (Å²) in [6.07, 6.45) is 5.76. The number of hydrogen-bond acceptors (Lipinski definition) is 4. The van der Waals surface area contributed by atoms with Crippen LogP contribution in [0, 0.1) is 5.92 Å². The topological polar surface area (TPSA) is 62.9 Å². The molecule has 3 heterocycles. The van der Waals surface area contributed by atoms with Gasteiger partial charge in [-0.2, -0.15) is 4.99 Å². The number of fused-ring (bicyclic) bond motifs is 2. The van der Waals surface area contributed by atoms with Crippen LogP contribution in [0.4, 0.5) is 4.79 Å². The number of furan rings is 1. The second-order valence-electron chi connectivity index (χ2n) is 5.43. The van der Waals surface area contributed by atoms with Gasteiger partial charge in [-0.3, -0.25) is 9.69 Å². The minimum atomic E-state index is -0.477. The van der Waals surface area contributed by atoms with E-state index in [0.29, 0.717) is 10.8 Å². The summed E-state index contributed by atoms with van der Waals surface area (Å²) in [5, 5.41) is 0.674. The first-order valence-corrected chi connectivity index (χ1v) is 7.92. The van der Waals surface area contributed by atoms with E-state index < -0.39 is 6.03 Å². The molecule has 0 radical (unpaired) electrons. The SMILES string of the molecule is O=C1N=C2SC3=C(CCCC3)C2C(=O)N1Cc1ccco1. The second-order valence-corrected chi connectivity index (χ2v) is 6.54. The molecule has 3 amide bonds. The van der Waals surface area contributed by atoms with Gasteiger partial charge in [-0.15, -0.1) is 0 Å². The molecule has 0 N–H and O–H groups in total. The first kappa shape index (κ1) is 12.9. The highest BCUT2D eigenvalue weighted by atomic mass is 32.2. The molecule has 0 saturated heterocycles. The zero-order valence-electron chi connectivity index (χ0n) is 11.4. The van der Waals surface area contributed by atoms with E-state index in [2.05, 4.69) is 4.99 Å². The molecule has 1 atom stereocenters. The number of amides is 3. The fraction of sp³-hybridized carbons (Fsp3) is 0.400. The zero-order valence-corrected chi connectivity index (χ0v) is 12.2. The van der Waals surface area contributed by atoms with Gasteiger partial charge < -0.3 is 4.42 Å². The monoisotopic (exact) mass is 302 g/mol. The highest BCUT2D eigenvalue weighted by Gasteiger charge is 2.45. The van der Waals surface area contributed by atoms with E-state index in [1.165, 1.54) is 33.4 Å². The molecule has 1 unspecified atom stereocenters. The maximum Gasteiger partial charge on any atom is 0.351 e. The van der Waals surface area contributed by atoms with Gasteiger partial charge in [0.25, 0.3) is 0 Å². The average molecular weight is 302 g/mol. The number of urea groups is 1. The Bertz CT molecular complexity index is 675. The van der Waals surface area contributed by atoms with Crippen LogP contribution in [0.5, 0.6) is 0 Å². The van der Waals surface area contributed by atoms with Crippen LogP contribution in [-0.2, 0) is 11.3 Å². The number of hydrogen-bond donors (Lipinski definition) is 0. The van der Waals surface area contributed by atoms with Crippen LogP contribution in [0.2, 0.25) is 0 Å². The molecule has 1 aliphatic carbocycles. The summed E-state index contributed by atoms with van der Waals surface area (Å²) in [5.74, 6) is 0.123. The van der Waals surface area contributed by atoms with Gasteiger partial charge in [0.2, 0.25) is 5.91 Å². The van der Waals surface area contributed by atoms with Crippen LogP contribution in [-0.4, -0.2) is 21.9 Å². The second kappa shape index (κ2) is 4.87. The Hall–Kier alpha value is -1.82. The maximum absolute atomic E-state index is 12.7. The largest absolute Gasteiger partial charge is 0.467 e. The molecule has 0 fully saturated rings. The maximum atomic E-state index is 12.7. The van der Waals surface area contributed by atoms with Crippen molar-refractivity contribution in [3.05, 3.63) is 34.6 Å². The molecule has 1 aromatic rings. The molecule has 4 rings (SSSR count). The molecule has 0 bridgehead atoms. The summed E-state index contributed by atoms with van der Waals surface area (Å²) in [4.78, 5) is 31.5. The number of carbonyl (C=O) groups excluding carboxylic acids is 2. The summed E-state index contributed by atoms with van der Waals surface area (Å²) >= 11 is 1.53. The number of nitrogens with zero attached hydrogens (tertiary/aromatic N) is 2. The molecule has 0 saturated carbocycles. The van der Waals surface area contributed by atoms with Crippen molar-refractivity contribution in [3.63, 3.8) is 0 Å². The Morgan fingerprint density at radius 1 is 1.33 bits per heavy atom. The molecule has 0 aromatic carbocycles. The number of thioether (sulfide) groups is 1. The quantitative estimate of drug-likeness (QED) is 0.840. The fourth-order valence-corrected chi connectivity index (χ4v) is 4.44. The average Bonchev–Trinajstić information content (AvgIpc) is 3.10. The fourth-order valence-electron chi connectivity index (χ4n) is 3.11. The highest BCUT2D eigenvalue weighted by Crippen LogP contribution is 2.47. The molecular weight excluding hydrogens is 288 g/mol. The Morgan fingerprint density at radius 2 is 2.19 bits per heavy atom. The molecule has 2 aliphatic heterocycles. The van der Waals surface area contributed by atoms with Gasteiger partial charge in [0.1, 0.15) is 16.7 Å². The Labute approximate surface area is 126 Å². The van der Waals surface area contributed by atoms with Crippen molar-refractivity contribution in [1.82, 2.24) is 4.90 Å². The van der Waals surface area contributed by atoms with Gasteiger partial charge in [-0.25, -0.2) is 4.79 Å². The molecule has 5 nitrogen and oxygen atoms in total. The Balaban J connectivity index is 1.66. The lowest BCUT2D eigenvalue weighted by atomic mass is 9.88. The van der Waals surface area contributed by atoms with Gasteiger partial charge in [-0.1, -0.05) is 11.8 Å². The van der Waals surface area contributed by atoms with Crippen molar-refractivity contribution in [2.45, 2.75) is 32.2 Å². The van der Waals surface area contributed by atoms with Crippen LogP contribution in [0.3, 0.4) is 0 Å². The third kappa shape index (κ3) is 2.05. The lowest BCUT2D eigenvalue weighted by Gasteiger charge is -2.27. The van der Waals surface area contributed by atoms with Gasteiger partial charge in [-0.05, 0) is 48.3 Å². The number of rotatable bonds is 2. The van der Waals surface area contributed by atoms with Gasteiger partial charge in [0.05, 0.1) is 12.8 Å². The van der Waals surface area contributed by atoms with E-state index in [4.69, 9.17) is 4.42 Å². The smallest absolute Gasteiger partial charge is 0.351 e. The summed E-state index contributed by atoms with van der Waals surface area (Å²) in [6.45, 7) is 0.158. The van der Waals surface area contributed by atoms with Crippen molar-refractivity contribution < 1.29 is 14.0 Å². The Morgan fingerprint density at radius 3 is 3.00 bits per heavy atom. The van der Waals surface area contributed by atoms with E-state index in [1.807, 2.05) is 0 Å². The first-order chi connectivity index (χ1) is 10.2. The van der Waals surface area contributed by atoms with Crippen molar-refractivity contribution >= 4 is 28.7 Å². The Kier molecular flexibility index (Phi) is 2.99. The summed E-state index contributed by atoms with van der Waals surface area (Å²) in [6, 6.07) is 3.03. The van der Waals surface area contributed by atoms with Crippen molar-refractivity contribution in [2.75, 3.05) is 0 Å². The number of imide groups is 1. The molecule has 1 aromatic heterocycles. The molecule has 0 spiro atoms. The van der Waals surface area contributed by atoms with Crippen molar-refractivity contribution in [2.24, 2.45) is 10.9 Å². The van der Waals surface area contributed by atoms with E-state index >= 15 is 0 Å². The van der Waals surface area contributed by atoms with E-state index in [9.17, 15) is 9.59 Å². The first-order valence-electron chi connectivity index (χ1n) is 7.10. The summed E-state index contributed by atoms with van der Waals surface area (Å²) in [5.41, 5.74) is 1.19. The van der Waals surface area contributed by atoms with Crippen LogP contribution in [0.1, 0.15) is 31.4 Å². The van der Waals surface area contributed by atoms with Gasteiger partial charge in [0.15, 0.2) is 0 Å². The lowest BCUT2D eigenvalue weighted by Crippen LogP contribution is -2.45. The van der Waals surface area contributed by atoms with Crippen LogP contribution >= 0.6 is 11.8 Å².